The van der Waals surface area contributed by atoms with Gasteiger partial charge in [0.2, 0.25) is 0 Å². The van der Waals surface area contributed by atoms with Gasteiger partial charge in [0, 0.05) is 24.7 Å². The van der Waals surface area contributed by atoms with Crippen molar-refractivity contribution in [3.63, 3.8) is 0 Å². The van der Waals surface area contributed by atoms with Gasteiger partial charge in [-0.1, -0.05) is 29.8 Å². The Kier molecular flexibility index (Phi) is 5.04. The molecular weight excluding hydrogens is 244 g/mol. The summed E-state index contributed by atoms with van der Waals surface area (Å²) in [5, 5.41) is 0.880. The van der Waals surface area contributed by atoms with Crippen LogP contribution in [0.3, 0.4) is 0 Å². The molecule has 0 radical (unpaired) electrons. The van der Waals surface area contributed by atoms with Gasteiger partial charge in [-0.2, -0.15) is 0 Å². The number of benzene rings is 1. The highest BCUT2D eigenvalue weighted by atomic mass is 35.5. The Hall–Kier alpha value is -0.570. The van der Waals surface area contributed by atoms with E-state index in [0.29, 0.717) is 0 Å². The average molecular weight is 267 g/mol. The molecule has 0 saturated carbocycles. The highest BCUT2D eigenvalue weighted by molar-refractivity contribution is 6.31. The van der Waals surface area contributed by atoms with Gasteiger partial charge in [-0.25, -0.2) is 0 Å². The summed E-state index contributed by atoms with van der Waals surface area (Å²) < 4.78 is 0. The summed E-state index contributed by atoms with van der Waals surface area (Å²) >= 11 is 6.20. The number of halogens is 1. The maximum absolute atomic E-state index is 6.20. The van der Waals surface area contributed by atoms with E-state index in [-0.39, 0.29) is 0 Å². The lowest BCUT2D eigenvalue weighted by Crippen LogP contribution is -2.37. The zero-order valence-electron chi connectivity index (χ0n) is 11.4. The lowest BCUT2D eigenvalue weighted by atomic mass is 9.98. The van der Waals surface area contributed by atoms with Gasteiger partial charge in [0.15, 0.2) is 0 Å². The molecule has 1 fully saturated rings. The van der Waals surface area contributed by atoms with Crippen LogP contribution in [-0.4, -0.2) is 43.5 Å². The molecule has 0 aliphatic carbocycles. The lowest BCUT2D eigenvalue weighted by molar-refractivity contribution is 0.164. The summed E-state index contributed by atoms with van der Waals surface area (Å²) in [4.78, 5) is 4.84. The largest absolute Gasteiger partial charge is 0.306 e. The van der Waals surface area contributed by atoms with E-state index in [1.807, 2.05) is 12.1 Å². The van der Waals surface area contributed by atoms with Crippen molar-refractivity contribution >= 4 is 11.6 Å². The van der Waals surface area contributed by atoms with Gasteiger partial charge < -0.3 is 9.80 Å². The molecule has 18 heavy (non-hydrogen) atoms. The smallest absolute Gasteiger partial charge is 0.0451 e. The molecule has 0 bridgehead atoms. The minimum Gasteiger partial charge on any atom is -0.306 e. The Morgan fingerprint density at radius 1 is 1.39 bits per heavy atom. The molecule has 2 nitrogen and oxygen atoms in total. The van der Waals surface area contributed by atoms with Crippen LogP contribution < -0.4 is 0 Å². The van der Waals surface area contributed by atoms with E-state index < -0.39 is 0 Å². The van der Waals surface area contributed by atoms with Crippen LogP contribution in [0.2, 0.25) is 5.02 Å². The first kappa shape index (κ1) is 13.9. The Morgan fingerprint density at radius 3 is 2.89 bits per heavy atom. The molecule has 3 heteroatoms. The van der Waals surface area contributed by atoms with E-state index in [1.54, 1.807) is 0 Å². The van der Waals surface area contributed by atoms with Crippen molar-refractivity contribution in [1.29, 1.82) is 0 Å². The molecule has 1 atom stereocenters. The Balaban J connectivity index is 1.85. The minimum absolute atomic E-state index is 0.802. The van der Waals surface area contributed by atoms with Crippen molar-refractivity contribution in [2.75, 3.05) is 33.7 Å². The zero-order valence-corrected chi connectivity index (χ0v) is 12.2. The van der Waals surface area contributed by atoms with E-state index in [0.717, 1.165) is 24.0 Å². The van der Waals surface area contributed by atoms with Crippen LogP contribution in [0, 0.1) is 5.92 Å². The van der Waals surface area contributed by atoms with Gasteiger partial charge in [-0.05, 0) is 51.0 Å². The second kappa shape index (κ2) is 6.55. The molecule has 1 saturated heterocycles. The molecule has 0 aromatic heterocycles. The summed E-state index contributed by atoms with van der Waals surface area (Å²) in [7, 11) is 4.41. The summed E-state index contributed by atoms with van der Waals surface area (Å²) in [5.74, 6) is 0.802. The average Bonchev–Trinajstić information content (AvgIpc) is 2.32. The number of piperidine rings is 1. The van der Waals surface area contributed by atoms with Crippen LogP contribution in [0.4, 0.5) is 0 Å². The molecule has 0 spiro atoms. The zero-order chi connectivity index (χ0) is 13.0. The molecule has 1 aromatic carbocycles. The van der Waals surface area contributed by atoms with E-state index in [4.69, 9.17) is 11.6 Å². The third-order valence-electron chi connectivity index (χ3n) is 3.69. The molecule has 1 aliphatic heterocycles. The summed E-state index contributed by atoms with van der Waals surface area (Å²) in [6.45, 7) is 4.59. The van der Waals surface area contributed by atoms with E-state index in [1.165, 1.54) is 31.5 Å². The maximum atomic E-state index is 6.20. The molecule has 1 unspecified atom stereocenters. The number of hydrogen-bond acceptors (Lipinski definition) is 2. The monoisotopic (exact) mass is 266 g/mol. The third-order valence-corrected chi connectivity index (χ3v) is 4.06. The predicted molar refractivity (Wildman–Crippen MR) is 78.0 cm³/mol. The van der Waals surface area contributed by atoms with Gasteiger partial charge in [0.25, 0.3) is 0 Å². The number of nitrogens with zero attached hydrogens (tertiary/aromatic N) is 2. The fourth-order valence-corrected chi connectivity index (χ4v) is 3.04. The van der Waals surface area contributed by atoms with E-state index in [2.05, 4.69) is 36.0 Å². The SMILES string of the molecule is CN1CCCC(CN(C)Cc2ccccc2Cl)C1. The second-order valence-electron chi connectivity index (χ2n) is 5.56. The van der Waals surface area contributed by atoms with E-state index >= 15 is 0 Å². The molecule has 1 aromatic rings. The molecular formula is C15H23ClN2. The van der Waals surface area contributed by atoms with Crippen LogP contribution in [0.15, 0.2) is 24.3 Å². The fraction of sp³-hybridized carbons (Fsp3) is 0.600. The topological polar surface area (TPSA) is 6.48 Å². The normalized spacial score (nSPS) is 21.4. The maximum Gasteiger partial charge on any atom is 0.0451 e. The second-order valence-corrected chi connectivity index (χ2v) is 5.97. The summed E-state index contributed by atoms with van der Waals surface area (Å²) in [6, 6.07) is 8.14. The first-order chi connectivity index (χ1) is 8.65. The van der Waals surface area contributed by atoms with Gasteiger partial charge in [0.1, 0.15) is 0 Å². The van der Waals surface area contributed by atoms with Gasteiger partial charge in [-0.3, -0.25) is 0 Å². The van der Waals surface area contributed by atoms with Crippen molar-refractivity contribution in [2.45, 2.75) is 19.4 Å². The lowest BCUT2D eigenvalue weighted by Gasteiger charge is -2.32. The Morgan fingerprint density at radius 2 is 2.17 bits per heavy atom. The highest BCUT2D eigenvalue weighted by Crippen LogP contribution is 2.19. The molecule has 0 N–H and O–H groups in total. The predicted octanol–water partition coefficient (Wildman–Crippen LogP) is 3.11. The molecule has 1 aliphatic rings. The van der Waals surface area contributed by atoms with Crippen molar-refractivity contribution < 1.29 is 0 Å². The Labute approximate surface area is 116 Å². The standard InChI is InChI=1S/C15H23ClN2/c1-17-9-5-6-13(10-17)11-18(2)12-14-7-3-4-8-15(14)16/h3-4,7-8,13H,5-6,9-12H2,1-2H3. The van der Waals surface area contributed by atoms with Gasteiger partial charge in [-0.15, -0.1) is 0 Å². The quantitative estimate of drug-likeness (QED) is 0.826. The minimum atomic E-state index is 0.802. The number of likely N-dealkylation sites (tertiary alicyclic amines) is 1. The molecule has 2 rings (SSSR count). The van der Waals surface area contributed by atoms with Crippen LogP contribution >= 0.6 is 11.6 Å². The van der Waals surface area contributed by atoms with Gasteiger partial charge in [0.05, 0.1) is 0 Å². The van der Waals surface area contributed by atoms with Gasteiger partial charge >= 0.3 is 0 Å². The first-order valence-electron chi connectivity index (χ1n) is 6.75. The first-order valence-corrected chi connectivity index (χ1v) is 7.13. The number of hydrogen-bond donors (Lipinski definition) is 0. The summed E-state index contributed by atoms with van der Waals surface area (Å²) in [5.41, 5.74) is 1.23. The third kappa shape index (κ3) is 3.98. The highest BCUT2D eigenvalue weighted by Gasteiger charge is 2.18. The number of rotatable bonds is 4. The molecule has 1 heterocycles. The molecule has 0 amide bonds. The van der Waals surface area contributed by atoms with Crippen molar-refractivity contribution in [2.24, 2.45) is 5.92 Å². The summed E-state index contributed by atoms with van der Waals surface area (Å²) in [6.07, 6.45) is 2.69. The van der Waals surface area contributed by atoms with Crippen molar-refractivity contribution in [3.8, 4) is 0 Å². The van der Waals surface area contributed by atoms with Crippen LogP contribution in [0.25, 0.3) is 0 Å². The Bertz CT molecular complexity index is 381. The van der Waals surface area contributed by atoms with Crippen LogP contribution in [-0.2, 0) is 6.54 Å². The van der Waals surface area contributed by atoms with E-state index in [9.17, 15) is 0 Å². The van der Waals surface area contributed by atoms with Crippen molar-refractivity contribution in [3.05, 3.63) is 34.9 Å². The van der Waals surface area contributed by atoms with Crippen LogP contribution in [0.1, 0.15) is 18.4 Å². The molecule has 100 valence electrons. The fourth-order valence-electron chi connectivity index (χ4n) is 2.84. The van der Waals surface area contributed by atoms with Crippen molar-refractivity contribution in [1.82, 2.24) is 9.80 Å². The van der Waals surface area contributed by atoms with Crippen LogP contribution in [0.5, 0.6) is 0 Å².